The fraction of sp³-hybridized carbons (Fsp3) is 1.00. The van der Waals surface area contributed by atoms with Crippen molar-refractivity contribution in [2.45, 2.75) is 33.1 Å². The number of unbranched alkanes of at least 4 members (excludes halogenated alkanes) is 1. The highest BCUT2D eigenvalue weighted by Gasteiger charge is 1.95. The molecule has 0 aromatic heterocycles. The molecule has 1 atom stereocenters. The molecule has 0 aliphatic heterocycles. The first-order valence-electron chi connectivity index (χ1n) is 3.73. The molecule has 0 bridgehead atoms. The first-order valence-corrected chi connectivity index (χ1v) is 5.36. The molecule has 0 N–H and O–H groups in total. The second-order valence-electron chi connectivity index (χ2n) is 2.28. The molecular formula is C7H16OP. The summed E-state index contributed by atoms with van der Waals surface area (Å²) in [5.41, 5.74) is 0. The normalized spacial score (nSPS) is 11.6. The van der Waals surface area contributed by atoms with Crippen molar-refractivity contribution in [2.75, 3.05) is 12.3 Å². The molecule has 9 heavy (non-hydrogen) atoms. The molecule has 1 radical (unpaired) electrons. The van der Waals surface area contributed by atoms with E-state index in [1.807, 2.05) is 0 Å². The van der Waals surface area contributed by atoms with Crippen LogP contribution in [0.4, 0.5) is 0 Å². The standard InChI is InChI=1S/C7H16OP/c1-3-5-7-9(8)6-4-2/h3-7H2,1-2H3. The van der Waals surface area contributed by atoms with Crippen molar-refractivity contribution in [2.24, 2.45) is 0 Å². The van der Waals surface area contributed by atoms with Gasteiger partial charge in [-0.1, -0.05) is 20.3 Å². The van der Waals surface area contributed by atoms with Crippen molar-refractivity contribution >= 4 is 7.80 Å². The van der Waals surface area contributed by atoms with Gasteiger partial charge in [0.15, 0.2) is 0 Å². The van der Waals surface area contributed by atoms with E-state index in [4.69, 9.17) is 0 Å². The van der Waals surface area contributed by atoms with Gasteiger partial charge >= 0.3 is 0 Å². The van der Waals surface area contributed by atoms with Crippen molar-refractivity contribution in [3.05, 3.63) is 0 Å². The number of rotatable bonds is 5. The predicted octanol–water partition coefficient (Wildman–Crippen LogP) is 3.02. The van der Waals surface area contributed by atoms with Gasteiger partial charge in [0.05, 0.1) is 7.80 Å². The van der Waals surface area contributed by atoms with Crippen molar-refractivity contribution < 1.29 is 4.57 Å². The van der Waals surface area contributed by atoms with E-state index in [1.54, 1.807) is 0 Å². The second-order valence-corrected chi connectivity index (χ2v) is 4.14. The predicted molar refractivity (Wildman–Crippen MR) is 42.5 cm³/mol. The lowest BCUT2D eigenvalue weighted by Gasteiger charge is -1.94. The van der Waals surface area contributed by atoms with E-state index >= 15 is 0 Å². The molecule has 2 heteroatoms. The van der Waals surface area contributed by atoms with Gasteiger partial charge in [0, 0.05) is 12.3 Å². The lowest BCUT2D eigenvalue weighted by molar-refractivity contribution is 0.585. The van der Waals surface area contributed by atoms with E-state index in [-0.39, 0.29) is 0 Å². The Bertz CT molecular complexity index is 81.0. The van der Waals surface area contributed by atoms with Crippen LogP contribution in [-0.4, -0.2) is 12.3 Å². The van der Waals surface area contributed by atoms with Gasteiger partial charge in [0.25, 0.3) is 0 Å². The topological polar surface area (TPSA) is 17.1 Å². The lowest BCUT2D eigenvalue weighted by Crippen LogP contribution is -1.80. The van der Waals surface area contributed by atoms with Crippen LogP contribution in [0, 0.1) is 0 Å². The summed E-state index contributed by atoms with van der Waals surface area (Å²) in [5, 5.41) is 0. The molecule has 0 fully saturated rings. The van der Waals surface area contributed by atoms with Crippen LogP contribution in [0.5, 0.6) is 0 Å². The monoisotopic (exact) mass is 147 g/mol. The maximum Gasteiger partial charge on any atom is 0.0718 e. The van der Waals surface area contributed by atoms with Gasteiger partial charge in [-0.25, -0.2) is 0 Å². The molecule has 0 aliphatic rings. The molecular weight excluding hydrogens is 131 g/mol. The van der Waals surface area contributed by atoms with Crippen molar-refractivity contribution in [3.8, 4) is 0 Å². The number of hydrogen-bond donors (Lipinski definition) is 0. The Kier molecular flexibility index (Phi) is 6.29. The molecule has 1 unspecified atom stereocenters. The summed E-state index contributed by atoms with van der Waals surface area (Å²) in [6.07, 6.45) is 5.24. The lowest BCUT2D eigenvalue weighted by atomic mass is 10.4. The molecule has 0 saturated carbocycles. The minimum Gasteiger partial charge on any atom is -0.287 e. The molecule has 0 aromatic rings. The highest BCUT2D eigenvalue weighted by atomic mass is 31.1. The summed E-state index contributed by atoms with van der Waals surface area (Å²) in [7, 11) is -0.837. The second kappa shape index (κ2) is 6.22. The fourth-order valence-electron chi connectivity index (χ4n) is 0.696. The Labute approximate surface area is 58.6 Å². The van der Waals surface area contributed by atoms with Crippen LogP contribution in [0.1, 0.15) is 33.1 Å². The quantitative estimate of drug-likeness (QED) is 0.546. The van der Waals surface area contributed by atoms with Gasteiger partial charge < -0.3 is 0 Å². The first-order chi connectivity index (χ1) is 4.31. The smallest absolute Gasteiger partial charge is 0.0718 e. The molecule has 0 heterocycles. The molecule has 55 valence electrons. The van der Waals surface area contributed by atoms with Gasteiger partial charge in [-0.15, -0.1) is 0 Å². The highest BCUT2D eigenvalue weighted by Crippen LogP contribution is 2.22. The Morgan fingerprint density at radius 1 is 1.11 bits per heavy atom. The summed E-state index contributed by atoms with van der Waals surface area (Å²) in [5.74, 6) is 0. The van der Waals surface area contributed by atoms with Gasteiger partial charge in [-0.3, -0.25) is 4.57 Å². The minimum atomic E-state index is -0.837. The molecule has 0 rings (SSSR count). The summed E-state index contributed by atoms with van der Waals surface area (Å²) in [6, 6.07) is 0. The highest BCUT2D eigenvalue weighted by molar-refractivity contribution is 7.44. The maximum absolute atomic E-state index is 11.0. The number of hydrogen-bond acceptors (Lipinski definition) is 1. The van der Waals surface area contributed by atoms with Crippen LogP contribution < -0.4 is 0 Å². The van der Waals surface area contributed by atoms with E-state index in [9.17, 15) is 4.57 Å². The Morgan fingerprint density at radius 3 is 2.22 bits per heavy atom. The summed E-state index contributed by atoms with van der Waals surface area (Å²) >= 11 is 0. The van der Waals surface area contributed by atoms with E-state index in [1.165, 1.54) is 6.42 Å². The Balaban J connectivity index is 3.06. The molecule has 1 nitrogen and oxygen atoms in total. The summed E-state index contributed by atoms with van der Waals surface area (Å²) in [6.45, 7) is 4.22. The van der Waals surface area contributed by atoms with E-state index in [0.717, 1.165) is 25.2 Å². The van der Waals surface area contributed by atoms with Crippen LogP contribution in [0.2, 0.25) is 0 Å². The minimum absolute atomic E-state index is 0.837. The Morgan fingerprint density at radius 2 is 1.78 bits per heavy atom. The third kappa shape index (κ3) is 5.98. The van der Waals surface area contributed by atoms with E-state index < -0.39 is 7.80 Å². The average molecular weight is 147 g/mol. The SMILES string of the molecule is CCCC[P](=O)CCC. The van der Waals surface area contributed by atoms with Crippen LogP contribution in [-0.2, 0) is 4.57 Å². The third-order valence-corrected chi connectivity index (χ3v) is 3.00. The van der Waals surface area contributed by atoms with Crippen LogP contribution in [0.15, 0.2) is 0 Å². The average Bonchev–Trinajstić information content (AvgIpc) is 1.85. The van der Waals surface area contributed by atoms with Gasteiger partial charge in [0.1, 0.15) is 0 Å². The third-order valence-electron chi connectivity index (χ3n) is 1.23. The maximum atomic E-state index is 11.0. The van der Waals surface area contributed by atoms with E-state index in [0.29, 0.717) is 0 Å². The van der Waals surface area contributed by atoms with Gasteiger partial charge in [0.2, 0.25) is 0 Å². The molecule has 0 amide bonds. The van der Waals surface area contributed by atoms with Crippen LogP contribution >= 0.6 is 7.80 Å². The fourth-order valence-corrected chi connectivity index (χ4v) is 2.09. The summed E-state index contributed by atoms with van der Waals surface area (Å²) < 4.78 is 11.0. The molecule has 0 saturated heterocycles. The zero-order valence-corrected chi connectivity index (χ0v) is 7.29. The van der Waals surface area contributed by atoms with E-state index in [2.05, 4.69) is 13.8 Å². The van der Waals surface area contributed by atoms with Crippen LogP contribution in [0.3, 0.4) is 0 Å². The summed E-state index contributed by atoms with van der Waals surface area (Å²) in [4.78, 5) is 0. The van der Waals surface area contributed by atoms with Gasteiger partial charge in [-0.2, -0.15) is 0 Å². The van der Waals surface area contributed by atoms with Crippen LogP contribution in [0.25, 0.3) is 0 Å². The molecule has 0 spiro atoms. The molecule has 0 aromatic carbocycles. The largest absolute Gasteiger partial charge is 0.287 e. The Hall–Kier alpha value is 0.100. The van der Waals surface area contributed by atoms with Crippen molar-refractivity contribution in [1.29, 1.82) is 0 Å². The molecule has 0 aliphatic carbocycles. The van der Waals surface area contributed by atoms with Crippen molar-refractivity contribution in [1.82, 2.24) is 0 Å². The van der Waals surface area contributed by atoms with Gasteiger partial charge in [-0.05, 0) is 12.8 Å². The first kappa shape index (κ1) is 9.10. The van der Waals surface area contributed by atoms with Crippen molar-refractivity contribution in [3.63, 3.8) is 0 Å². The zero-order valence-electron chi connectivity index (χ0n) is 6.39. The zero-order chi connectivity index (χ0) is 7.11.